The molecular weight excluding hydrogens is 444 g/mol. The number of piperidine rings is 1. The Morgan fingerprint density at radius 2 is 2.06 bits per heavy atom. The number of nitrogens with one attached hydrogen (secondary N) is 2. The van der Waals surface area contributed by atoms with Gasteiger partial charge < -0.3 is 29.4 Å². The van der Waals surface area contributed by atoms with Crippen molar-refractivity contribution in [3.8, 4) is 23.0 Å². The third-order valence-electron chi connectivity index (χ3n) is 6.77. The second-order valence-electron chi connectivity index (χ2n) is 9.42. The standard InChI is InChI=1S/C27H34N4O4/c1-18-6-7-24(35-18)23-16-21(29-19-8-9-28-27(32)14-19)20-15-25(33-2)26(17-22(20)30-23)34-13-5-12-31-10-3-4-11-31/h6-7,15-17,19H,3-5,8-14H2,1-2H3,(H,28,32)(H,29,30). The monoisotopic (exact) mass is 478 g/mol. The Labute approximate surface area is 206 Å². The highest BCUT2D eigenvalue weighted by Gasteiger charge is 2.21. The summed E-state index contributed by atoms with van der Waals surface area (Å²) in [5, 5.41) is 7.40. The number of fused-ring (bicyclic) bond motifs is 1. The Morgan fingerprint density at radius 1 is 1.20 bits per heavy atom. The van der Waals surface area contributed by atoms with Crippen LogP contribution in [0.3, 0.4) is 0 Å². The number of furan rings is 1. The maximum atomic E-state index is 12.0. The molecule has 2 aromatic heterocycles. The second kappa shape index (κ2) is 10.6. The molecule has 2 N–H and O–H groups in total. The van der Waals surface area contributed by atoms with E-state index >= 15 is 0 Å². The smallest absolute Gasteiger partial charge is 0.222 e. The normalized spacial score (nSPS) is 18.6. The molecule has 8 heteroatoms. The van der Waals surface area contributed by atoms with Crippen molar-refractivity contribution in [2.45, 2.75) is 45.1 Å². The lowest BCUT2D eigenvalue weighted by atomic mass is 10.0. The summed E-state index contributed by atoms with van der Waals surface area (Å²) >= 11 is 0. The summed E-state index contributed by atoms with van der Waals surface area (Å²) in [7, 11) is 1.66. The number of amides is 1. The van der Waals surface area contributed by atoms with Crippen molar-refractivity contribution in [2.75, 3.05) is 45.2 Å². The third kappa shape index (κ3) is 5.53. The van der Waals surface area contributed by atoms with Crippen molar-refractivity contribution in [3.63, 3.8) is 0 Å². The predicted molar refractivity (Wildman–Crippen MR) is 136 cm³/mol. The number of nitrogens with zero attached hydrogens (tertiary/aromatic N) is 2. The molecule has 3 aromatic rings. The molecule has 0 bridgehead atoms. The van der Waals surface area contributed by atoms with Crippen molar-refractivity contribution in [3.05, 3.63) is 36.1 Å². The highest BCUT2D eigenvalue weighted by atomic mass is 16.5. The van der Waals surface area contributed by atoms with Gasteiger partial charge in [0.1, 0.15) is 11.5 Å². The largest absolute Gasteiger partial charge is 0.493 e. The van der Waals surface area contributed by atoms with Crippen LogP contribution in [0.4, 0.5) is 5.69 Å². The number of rotatable bonds is 9. The molecule has 0 aliphatic carbocycles. The number of carbonyl (C=O) groups is 1. The average molecular weight is 479 g/mol. The van der Waals surface area contributed by atoms with E-state index in [0.717, 1.165) is 47.4 Å². The Hall–Kier alpha value is -3.26. The Balaban J connectivity index is 1.44. The SMILES string of the molecule is COc1cc2c(NC3CCNC(=O)C3)cc(-c3ccc(C)o3)nc2cc1OCCCN1CCCC1. The van der Waals surface area contributed by atoms with Crippen LogP contribution >= 0.6 is 0 Å². The number of methoxy groups -OCH3 is 1. The highest BCUT2D eigenvalue weighted by Crippen LogP contribution is 2.37. The van der Waals surface area contributed by atoms with Crippen LogP contribution < -0.4 is 20.1 Å². The van der Waals surface area contributed by atoms with E-state index < -0.39 is 0 Å². The van der Waals surface area contributed by atoms with Crippen molar-refractivity contribution < 1.29 is 18.7 Å². The van der Waals surface area contributed by atoms with E-state index in [2.05, 4.69) is 15.5 Å². The molecule has 0 radical (unpaired) electrons. The quantitative estimate of drug-likeness (QED) is 0.442. The zero-order valence-corrected chi connectivity index (χ0v) is 20.6. The molecule has 1 unspecified atom stereocenters. The number of ether oxygens (including phenoxy) is 2. The zero-order valence-electron chi connectivity index (χ0n) is 20.6. The van der Waals surface area contributed by atoms with Crippen molar-refractivity contribution in [2.24, 2.45) is 0 Å². The molecule has 1 atom stereocenters. The van der Waals surface area contributed by atoms with Crippen LogP contribution in [0.15, 0.2) is 34.7 Å². The maximum absolute atomic E-state index is 12.0. The summed E-state index contributed by atoms with van der Waals surface area (Å²) in [6, 6.07) is 9.82. The minimum Gasteiger partial charge on any atom is -0.493 e. The molecule has 2 fully saturated rings. The summed E-state index contributed by atoms with van der Waals surface area (Å²) < 4.78 is 17.7. The first-order valence-corrected chi connectivity index (χ1v) is 12.6. The fourth-order valence-corrected chi connectivity index (χ4v) is 4.93. The lowest BCUT2D eigenvalue weighted by Crippen LogP contribution is -2.39. The van der Waals surface area contributed by atoms with Gasteiger partial charge in [-0.1, -0.05) is 0 Å². The molecule has 186 valence electrons. The number of aromatic nitrogens is 1. The van der Waals surface area contributed by atoms with Crippen LogP contribution in [-0.4, -0.2) is 61.7 Å². The van der Waals surface area contributed by atoms with Gasteiger partial charge in [0, 0.05) is 42.7 Å². The molecule has 2 saturated heterocycles. The van der Waals surface area contributed by atoms with Crippen molar-refractivity contribution >= 4 is 22.5 Å². The number of benzene rings is 1. The molecule has 5 rings (SSSR count). The zero-order chi connectivity index (χ0) is 24.2. The van der Waals surface area contributed by atoms with Crippen LogP contribution in [-0.2, 0) is 4.79 Å². The minimum atomic E-state index is 0.0491. The van der Waals surface area contributed by atoms with E-state index in [1.54, 1.807) is 7.11 Å². The van der Waals surface area contributed by atoms with Gasteiger partial charge in [-0.15, -0.1) is 0 Å². The second-order valence-corrected chi connectivity index (χ2v) is 9.42. The highest BCUT2D eigenvalue weighted by molar-refractivity contribution is 5.96. The summed E-state index contributed by atoms with van der Waals surface area (Å²) in [4.78, 5) is 19.3. The molecule has 1 amide bonds. The van der Waals surface area contributed by atoms with E-state index in [9.17, 15) is 4.79 Å². The van der Waals surface area contributed by atoms with Crippen molar-refractivity contribution in [1.29, 1.82) is 0 Å². The van der Waals surface area contributed by atoms with Gasteiger partial charge in [0.15, 0.2) is 17.3 Å². The van der Waals surface area contributed by atoms with Crippen LogP contribution in [0.1, 0.15) is 37.9 Å². The van der Waals surface area contributed by atoms with Crippen LogP contribution in [0.25, 0.3) is 22.4 Å². The van der Waals surface area contributed by atoms with Gasteiger partial charge in [-0.05, 0) is 70.0 Å². The number of hydrogen-bond acceptors (Lipinski definition) is 7. The van der Waals surface area contributed by atoms with Gasteiger partial charge in [0.05, 0.1) is 19.2 Å². The third-order valence-corrected chi connectivity index (χ3v) is 6.77. The Bertz CT molecular complexity index is 1190. The summed E-state index contributed by atoms with van der Waals surface area (Å²) in [6.07, 6.45) is 4.86. The minimum absolute atomic E-state index is 0.0491. The molecule has 35 heavy (non-hydrogen) atoms. The number of likely N-dealkylation sites (tertiary alicyclic amines) is 1. The van der Waals surface area contributed by atoms with E-state index in [4.69, 9.17) is 18.9 Å². The van der Waals surface area contributed by atoms with E-state index in [0.29, 0.717) is 36.8 Å². The number of pyridine rings is 1. The first kappa shape index (κ1) is 23.5. The van der Waals surface area contributed by atoms with Crippen LogP contribution in [0, 0.1) is 6.92 Å². The average Bonchev–Trinajstić information content (AvgIpc) is 3.53. The molecule has 2 aliphatic heterocycles. The predicted octanol–water partition coefficient (Wildman–Crippen LogP) is 4.37. The van der Waals surface area contributed by atoms with E-state index in [1.165, 1.54) is 25.9 Å². The van der Waals surface area contributed by atoms with Crippen molar-refractivity contribution in [1.82, 2.24) is 15.2 Å². The van der Waals surface area contributed by atoms with Gasteiger partial charge >= 0.3 is 0 Å². The lowest BCUT2D eigenvalue weighted by molar-refractivity contribution is -0.122. The molecule has 0 saturated carbocycles. The maximum Gasteiger partial charge on any atom is 0.222 e. The molecule has 8 nitrogen and oxygen atoms in total. The molecular formula is C27H34N4O4. The summed E-state index contributed by atoms with van der Waals surface area (Å²) in [5.41, 5.74) is 2.42. The Morgan fingerprint density at radius 3 is 2.80 bits per heavy atom. The van der Waals surface area contributed by atoms with Crippen LogP contribution in [0.2, 0.25) is 0 Å². The van der Waals surface area contributed by atoms with Gasteiger partial charge in [-0.3, -0.25) is 4.79 Å². The summed E-state index contributed by atoms with van der Waals surface area (Å²) in [6.45, 7) is 6.65. The summed E-state index contributed by atoms with van der Waals surface area (Å²) in [5.74, 6) is 2.96. The Kier molecular flexibility index (Phi) is 7.08. The van der Waals surface area contributed by atoms with E-state index in [1.807, 2.05) is 37.3 Å². The van der Waals surface area contributed by atoms with Crippen LogP contribution in [0.5, 0.6) is 11.5 Å². The molecule has 4 heterocycles. The van der Waals surface area contributed by atoms with E-state index in [-0.39, 0.29) is 11.9 Å². The van der Waals surface area contributed by atoms with Gasteiger partial charge in [-0.2, -0.15) is 0 Å². The van der Waals surface area contributed by atoms with Gasteiger partial charge in [0.25, 0.3) is 0 Å². The van der Waals surface area contributed by atoms with Gasteiger partial charge in [0.2, 0.25) is 5.91 Å². The van der Waals surface area contributed by atoms with Gasteiger partial charge in [-0.25, -0.2) is 4.98 Å². The topological polar surface area (TPSA) is 88.9 Å². The first-order chi connectivity index (χ1) is 17.1. The number of hydrogen-bond donors (Lipinski definition) is 2. The number of anilines is 1. The fraction of sp³-hybridized carbons (Fsp3) is 0.481. The number of aryl methyl sites for hydroxylation is 1. The number of carbonyl (C=O) groups excluding carboxylic acids is 1. The lowest BCUT2D eigenvalue weighted by Gasteiger charge is -2.25. The first-order valence-electron chi connectivity index (χ1n) is 12.6. The molecule has 0 spiro atoms. The molecule has 2 aliphatic rings. The molecule has 1 aromatic carbocycles. The fourth-order valence-electron chi connectivity index (χ4n) is 4.93.